The Hall–Kier alpha value is -2.82. The van der Waals surface area contributed by atoms with Crippen LogP contribution in [0.25, 0.3) is 0 Å². The van der Waals surface area contributed by atoms with E-state index in [1.165, 1.54) is 13.8 Å². The van der Waals surface area contributed by atoms with Crippen molar-refractivity contribution in [1.82, 2.24) is 0 Å². The molecule has 2 bridgehead atoms. The van der Waals surface area contributed by atoms with Crippen LogP contribution in [0.5, 0.6) is 0 Å². The van der Waals surface area contributed by atoms with Gasteiger partial charge in [0.2, 0.25) is 5.78 Å². The molecule has 252 valence electrons. The maximum atomic E-state index is 15.2. The van der Waals surface area contributed by atoms with E-state index in [1.54, 1.807) is 24.3 Å². The van der Waals surface area contributed by atoms with Crippen LogP contribution >= 0.6 is 0 Å². The van der Waals surface area contributed by atoms with Gasteiger partial charge in [-0.25, -0.2) is 4.79 Å². The number of hydrogen-bond acceptors (Lipinski definition) is 9. The van der Waals surface area contributed by atoms with Crippen molar-refractivity contribution < 1.29 is 42.6 Å². The van der Waals surface area contributed by atoms with E-state index in [0.717, 1.165) is 5.57 Å². The highest BCUT2D eigenvalue weighted by molar-refractivity contribution is 6.69. The summed E-state index contributed by atoms with van der Waals surface area (Å²) in [5, 5.41) is 0. The molecule has 1 aromatic rings. The minimum atomic E-state index is -2.15. The third kappa shape index (κ3) is 5.19. The Balaban J connectivity index is 1.87. The standard InChI is InChI=1S/C36H50O9Si/c1-20-17-26-36(19-41-26,44-23(4)38)29-31(43-32(40)24-15-13-12-14-16-24)34(7)18-25(45-46(9,10)11)21(2)27(33(34,5)6)28(39)30(35(20,29)8)42-22(3)37/h12-16,20,25-26,29-31H,17-19H2,1-11H3/t20-,25-,26+,29?,30+,31-,34-,35+,36-/m0/s1. The van der Waals surface area contributed by atoms with Gasteiger partial charge in [0, 0.05) is 35.7 Å². The minimum absolute atomic E-state index is 0.0671. The molecule has 1 saturated heterocycles. The van der Waals surface area contributed by atoms with E-state index >= 15 is 4.79 Å². The molecule has 0 aromatic heterocycles. The molecule has 9 atom stereocenters. The average molecular weight is 655 g/mol. The Morgan fingerprint density at radius 2 is 1.59 bits per heavy atom. The largest absolute Gasteiger partial charge is 0.458 e. The molecular formula is C36H50O9Si. The molecule has 2 saturated carbocycles. The summed E-state index contributed by atoms with van der Waals surface area (Å²) in [6.07, 6.45) is -2.16. The second-order valence-corrected chi connectivity index (χ2v) is 20.4. The molecule has 46 heavy (non-hydrogen) atoms. The fraction of sp³-hybridized carbons (Fsp3) is 0.667. The molecule has 1 aromatic carbocycles. The smallest absolute Gasteiger partial charge is 0.338 e. The third-order valence-electron chi connectivity index (χ3n) is 11.8. The SMILES string of the molecule is CC(=O)O[C@@H]1C(=O)C2=C(C)[C@@H](O[Si](C)(C)C)C[C@@](C)([C@@H](OC(=O)c3ccccc3)C3[C@@]1(C)[C@@H](C)C[C@H]1OC[C@@]31OC(C)=O)C2(C)C. The van der Waals surface area contributed by atoms with Crippen molar-refractivity contribution in [2.75, 3.05) is 6.61 Å². The fourth-order valence-electron chi connectivity index (χ4n) is 9.11. The van der Waals surface area contributed by atoms with Gasteiger partial charge in [-0.15, -0.1) is 0 Å². The fourth-order valence-corrected chi connectivity index (χ4v) is 10.2. The van der Waals surface area contributed by atoms with E-state index in [-0.39, 0.29) is 18.3 Å². The first-order valence-corrected chi connectivity index (χ1v) is 19.8. The number of ketones is 1. The first kappa shape index (κ1) is 34.5. The highest BCUT2D eigenvalue weighted by Gasteiger charge is 2.77. The summed E-state index contributed by atoms with van der Waals surface area (Å²) >= 11 is 0. The van der Waals surface area contributed by atoms with Gasteiger partial charge >= 0.3 is 17.9 Å². The predicted octanol–water partition coefficient (Wildman–Crippen LogP) is 6.06. The number of benzene rings is 1. The van der Waals surface area contributed by atoms with E-state index in [4.69, 9.17) is 23.4 Å². The molecule has 10 heteroatoms. The van der Waals surface area contributed by atoms with Gasteiger partial charge in [0.25, 0.3) is 0 Å². The zero-order valence-electron chi connectivity index (χ0n) is 29.1. The normalized spacial score (nSPS) is 38.3. The second-order valence-electron chi connectivity index (χ2n) is 15.9. The van der Waals surface area contributed by atoms with E-state index in [2.05, 4.69) is 26.6 Å². The van der Waals surface area contributed by atoms with Gasteiger partial charge in [-0.05, 0) is 63.0 Å². The monoisotopic (exact) mass is 654 g/mol. The molecule has 3 fully saturated rings. The third-order valence-corrected chi connectivity index (χ3v) is 12.7. The number of carbonyl (C=O) groups is 4. The van der Waals surface area contributed by atoms with Crippen LogP contribution < -0.4 is 0 Å². The number of carbonyl (C=O) groups excluding carboxylic acids is 4. The van der Waals surface area contributed by atoms with Crippen molar-refractivity contribution >= 4 is 32.0 Å². The first-order chi connectivity index (χ1) is 21.2. The maximum Gasteiger partial charge on any atom is 0.338 e. The highest BCUT2D eigenvalue weighted by Crippen LogP contribution is 2.68. The molecule has 5 rings (SSSR count). The Morgan fingerprint density at radius 3 is 2.11 bits per heavy atom. The molecule has 0 amide bonds. The van der Waals surface area contributed by atoms with Crippen LogP contribution in [0.1, 0.15) is 78.6 Å². The van der Waals surface area contributed by atoms with Crippen LogP contribution in [-0.2, 0) is 37.8 Å². The van der Waals surface area contributed by atoms with Crippen LogP contribution in [0, 0.1) is 28.1 Å². The van der Waals surface area contributed by atoms with Gasteiger partial charge in [0.05, 0.1) is 24.2 Å². The molecule has 1 unspecified atom stereocenters. The van der Waals surface area contributed by atoms with Gasteiger partial charge in [-0.2, -0.15) is 0 Å². The van der Waals surface area contributed by atoms with Crippen molar-refractivity contribution in [3.8, 4) is 0 Å². The molecular weight excluding hydrogens is 604 g/mol. The van der Waals surface area contributed by atoms with Crippen molar-refractivity contribution in [2.45, 2.75) is 118 Å². The molecule has 3 aliphatic carbocycles. The van der Waals surface area contributed by atoms with E-state index in [0.29, 0.717) is 24.0 Å². The Bertz CT molecular complexity index is 1460. The lowest BCUT2D eigenvalue weighted by Crippen LogP contribution is -2.79. The first-order valence-electron chi connectivity index (χ1n) is 16.4. The van der Waals surface area contributed by atoms with Crippen molar-refractivity contribution in [3.05, 3.63) is 47.0 Å². The van der Waals surface area contributed by atoms with Crippen LogP contribution in [0.15, 0.2) is 41.5 Å². The molecule has 1 aliphatic heterocycles. The lowest BCUT2D eigenvalue weighted by Gasteiger charge is -2.69. The average Bonchev–Trinajstić information content (AvgIpc) is 2.93. The quantitative estimate of drug-likeness (QED) is 0.205. The van der Waals surface area contributed by atoms with Crippen LogP contribution in [0.3, 0.4) is 0 Å². The van der Waals surface area contributed by atoms with Crippen LogP contribution in [0.4, 0.5) is 0 Å². The highest BCUT2D eigenvalue weighted by atomic mass is 28.4. The summed E-state index contributed by atoms with van der Waals surface area (Å²) in [6.45, 7) is 21.0. The molecule has 0 spiro atoms. The number of Topliss-reactive ketones (excluding diaryl/α,β-unsaturated/α-hetero) is 1. The van der Waals surface area contributed by atoms with Gasteiger partial charge < -0.3 is 23.4 Å². The molecule has 1 heterocycles. The predicted molar refractivity (Wildman–Crippen MR) is 173 cm³/mol. The zero-order chi connectivity index (χ0) is 34.2. The van der Waals surface area contributed by atoms with Gasteiger partial charge in [-0.3, -0.25) is 14.4 Å². The number of fused-ring (bicyclic) bond motifs is 5. The minimum Gasteiger partial charge on any atom is -0.458 e. The maximum absolute atomic E-state index is 15.2. The number of ether oxygens (including phenoxy) is 4. The van der Waals surface area contributed by atoms with E-state index in [9.17, 15) is 14.4 Å². The molecule has 9 nitrogen and oxygen atoms in total. The summed E-state index contributed by atoms with van der Waals surface area (Å²) in [5.74, 6) is -2.93. The van der Waals surface area contributed by atoms with Crippen molar-refractivity contribution in [3.63, 3.8) is 0 Å². The lowest BCUT2D eigenvalue weighted by atomic mass is 9.41. The van der Waals surface area contributed by atoms with E-state index in [1.807, 2.05) is 40.7 Å². The van der Waals surface area contributed by atoms with Crippen molar-refractivity contribution in [2.24, 2.45) is 28.1 Å². The number of esters is 3. The second kappa shape index (κ2) is 11.4. The van der Waals surface area contributed by atoms with Gasteiger partial charge in [-0.1, -0.05) is 52.8 Å². The summed E-state index contributed by atoms with van der Waals surface area (Å²) in [7, 11) is -2.15. The summed E-state index contributed by atoms with van der Waals surface area (Å²) in [6, 6.07) is 8.80. The van der Waals surface area contributed by atoms with Gasteiger partial charge in [0.15, 0.2) is 20.0 Å². The summed E-state index contributed by atoms with van der Waals surface area (Å²) < 4.78 is 32.1. The number of rotatable bonds is 6. The Kier molecular flexibility index (Phi) is 8.56. The van der Waals surface area contributed by atoms with Crippen molar-refractivity contribution in [1.29, 1.82) is 0 Å². The number of hydrogen-bond donors (Lipinski definition) is 0. The Labute approximate surface area is 273 Å². The molecule has 4 aliphatic rings. The van der Waals surface area contributed by atoms with E-state index < -0.39 is 78.4 Å². The molecule has 0 N–H and O–H groups in total. The topological polar surface area (TPSA) is 114 Å². The summed E-state index contributed by atoms with van der Waals surface area (Å²) in [4.78, 5) is 55.1. The van der Waals surface area contributed by atoms with Crippen LogP contribution in [0.2, 0.25) is 19.6 Å². The van der Waals surface area contributed by atoms with Crippen LogP contribution in [-0.4, -0.2) is 68.6 Å². The summed E-state index contributed by atoms with van der Waals surface area (Å²) in [5.41, 5.74) is -2.39. The zero-order valence-corrected chi connectivity index (χ0v) is 30.1. The molecule has 0 radical (unpaired) electrons. The van der Waals surface area contributed by atoms with Gasteiger partial charge in [0.1, 0.15) is 12.2 Å². The lowest BCUT2D eigenvalue weighted by molar-refractivity contribution is -0.346. The Morgan fingerprint density at radius 1 is 0.957 bits per heavy atom.